The molecule has 4 N–H and O–H groups in total. The number of hydroxylamine groups is 2. The van der Waals surface area contributed by atoms with E-state index in [4.69, 9.17) is 10.8 Å². The van der Waals surface area contributed by atoms with Gasteiger partial charge in [-0.2, -0.15) is 0 Å². The summed E-state index contributed by atoms with van der Waals surface area (Å²) in [5.41, 5.74) is 5.29. The summed E-state index contributed by atoms with van der Waals surface area (Å²) in [4.78, 5) is 22.8. The second kappa shape index (κ2) is 4.70. The van der Waals surface area contributed by atoms with E-state index in [1.807, 2.05) is 0 Å². The van der Waals surface area contributed by atoms with Crippen LogP contribution in [0.25, 0.3) is 0 Å². The Labute approximate surface area is 118 Å². The Morgan fingerprint density at radius 2 is 2.00 bits per heavy atom. The highest BCUT2D eigenvalue weighted by molar-refractivity contribution is 5.85. The Morgan fingerprint density at radius 1 is 1.40 bits per heavy atom. The molecule has 0 aliphatic heterocycles. The van der Waals surface area contributed by atoms with Crippen LogP contribution >= 0.6 is 0 Å². The summed E-state index contributed by atoms with van der Waals surface area (Å²) in [5.74, 6) is -1.35. The average Bonchev–Trinajstić information content (AvgIpc) is 2.77. The maximum atomic E-state index is 12.2. The molecule has 0 aromatic heterocycles. The minimum Gasteiger partial charge on any atom is -0.481 e. The van der Waals surface area contributed by atoms with Gasteiger partial charge in [-0.05, 0) is 36.0 Å². The van der Waals surface area contributed by atoms with Crippen LogP contribution < -0.4 is 5.73 Å². The number of fused-ring (bicyclic) bond motifs is 2. The number of hydrogen-bond donors (Lipinski definition) is 3. The van der Waals surface area contributed by atoms with Gasteiger partial charge in [-0.25, -0.2) is 5.06 Å². The van der Waals surface area contributed by atoms with Crippen LogP contribution in [0.2, 0.25) is 0 Å². The molecule has 0 aromatic carbocycles. The van der Waals surface area contributed by atoms with Gasteiger partial charge in [0.05, 0.1) is 18.5 Å². The van der Waals surface area contributed by atoms with Gasteiger partial charge in [0.2, 0.25) is 0 Å². The monoisotopic (exact) mass is 284 g/mol. The molecule has 6 nitrogen and oxygen atoms in total. The second-order valence-electron chi connectivity index (χ2n) is 7.20. The number of rotatable bonds is 4. The average molecular weight is 284 g/mol. The lowest BCUT2D eigenvalue weighted by molar-refractivity contribution is -0.202. The van der Waals surface area contributed by atoms with Crippen LogP contribution in [0.3, 0.4) is 0 Å². The topological polar surface area (TPSA) is 104 Å². The number of carboxylic acid groups (broad SMARTS) is 1. The van der Waals surface area contributed by atoms with Gasteiger partial charge < -0.3 is 10.8 Å². The number of nitrogens with zero attached hydrogens (tertiary/aromatic N) is 1. The van der Waals surface area contributed by atoms with Gasteiger partial charge in [0.1, 0.15) is 0 Å². The van der Waals surface area contributed by atoms with Crippen LogP contribution in [0.1, 0.15) is 46.5 Å². The first-order chi connectivity index (χ1) is 9.09. The molecular formula is C14H24N2O4. The summed E-state index contributed by atoms with van der Waals surface area (Å²) >= 11 is 0. The lowest BCUT2D eigenvalue weighted by atomic mass is 9.68. The lowest BCUT2D eigenvalue weighted by Crippen LogP contribution is -2.57. The molecule has 2 aliphatic carbocycles. The predicted molar refractivity (Wildman–Crippen MR) is 71.9 cm³/mol. The maximum Gasteiger partial charge on any atom is 0.305 e. The molecule has 2 rings (SSSR count). The fourth-order valence-electron chi connectivity index (χ4n) is 4.46. The lowest BCUT2D eigenvalue weighted by Gasteiger charge is -2.46. The van der Waals surface area contributed by atoms with E-state index >= 15 is 0 Å². The molecule has 0 heterocycles. The van der Waals surface area contributed by atoms with Gasteiger partial charge in [-0.3, -0.25) is 14.8 Å². The Balaban J connectivity index is 2.18. The zero-order chi connectivity index (χ0) is 15.3. The fourth-order valence-corrected chi connectivity index (χ4v) is 4.46. The number of carbonyl (C=O) groups excluding carboxylic acids is 1. The molecule has 2 aliphatic rings. The number of nitrogens with two attached hydrogens (primary N) is 1. The maximum absolute atomic E-state index is 12.2. The Kier molecular flexibility index (Phi) is 3.59. The summed E-state index contributed by atoms with van der Waals surface area (Å²) in [6, 6.07) is -1.50. The third-order valence-electron chi connectivity index (χ3n) is 5.38. The largest absolute Gasteiger partial charge is 0.481 e. The summed E-state index contributed by atoms with van der Waals surface area (Å²) in [6.45, 7) is 6.21. The first-order valence-electron chi connectivity index (χ1n) is 7.09. The molecule has 1 amide bonds. The van der Waals surface area contributed by atoms with Crippen molar-refractivity contribution >= 4 is 11.9 Å². The minimum absolute atomic E-state index is 0.110. The van der Waals surface area contributed by atoms with Crippen LogP contribution in [0.5, 0.6) is 0 Å². The van der Waals surface area contributed by atoms with Crippen molar-refractivity contribution in [3.05, 3.63) is 0 Å². The Bertz CT molecular complexity index is 432. The van der Waals surface area contributed by atoms with E-state index in [0.717, 1.165) is 24.3 Å². The van der Waals surface area contributed by atoms with Crippen molar-refractivity contribution in [2.75, 3.05) is 0 Å². The highest BCUT2D eigenvalue weighted by Crippen LogP contribution is 2.63. The normalized spacial score (nSPS) is 35.9. The molecule has 2 saturated carbocycles. The van der Waals surface area contributed by atoms with E-state index in [1.165, 1.54) is 0 Å². The fraction of sp³-hybridized carbons (Fsp3) is 0.857. The van der Waals surface area contributed by atoms with Crippen LogP contribution in [0, 0.1) is 16.7 Å². The number of aliphatic carboxylic acids is 1. The highest BCUT2D eigenvalue weighted by atomic mass is 16.5. The smallest absolute Gasteiger partial charge is 0.305 e. The van der Waals surface area contributed by atoms with Gasteiger partial charge >= 0.3 is 5.97 Å². The van der Waals surface area contributed by atoms with Gasteiger partial charge in [-0.1, -0.05) is 20.8 Å². The van der Waals surface area contributed by atoms with Gasteiger partial charge in [-0.15, -0.1) is 0 Å². The highest BCUT2D eigenvalue weighted by Gasteiger charge is 2.62. The van der Waals surface area contributed by atoms with Gasteiger partial charge in [0.25, 0.3) is 5.91 Å². The molecule has 0 spiro atoms. The third kappa shape index (κ3) is 2.20. The van der Waals surface area contributed by atoms with E-state index < -0.39 is 24.3 Å². The number of carboxylic acids is 1. The second-order valence-corrected chi connectivity index (χ2v) is 7.20. The van der Waals surface area contributed by atoms with Gasteiger partial charge in [0.15, 0.2) is 0 Å². The van der Waals surface area contributed by atoms with Crippen LogP contribution in [-0.2, 0) is 9.59 Å². The van der Waals surface area contributed by atoms with Crippen molar-refractivity contribution in [1.82, 2.24) is 5.06 Å². The van der Waals surface area contributed by atoms with E-state index in [2.05, 4.69) is 20.8 Å². The molecule has 4 atom stereocenters. The first-order valence-corrected chi connectivity index (χ1v) is 7.09. The van der Waals surface area contributed by atoms with Crippen LogP contribution in [0.4, 0.5) is 0 Å². The molecular weight excluding hydrogens is 260 g/mol. The van der Waals surface area contributed by atoms with Crippen molar-refractivity contribution in [2.45, 2.75) is 58.5 Å². The molecule has 3 unspecified atom stereocenters. The summed E-state index contributed by atoms with van der Waals surface area (Å²) in [7, 11) is 0. The van der Waals surface area contributed by atoms with Crippen molar-refractivity contribution in [2.24, 2.45) is 22.5 Å². The molecule has 2 bridgehead atoms. The minimum atomic E-state index is -1.20. The van der Waals surface area contributed by atoms with Crippen molar-refractivity contribution in [1.29, 1.82) is 0 Å². The SMILES string of the molecule is CC12CCC(C1)C(C)(C)C2N(O)C(=O)[C@@H](N)CC(=O)O. The van der Waals surface area contributed by atoms with E-state index in [1.54, 1.807) is 0 Å². The number of amides is 1. The van der Waals surface area contributed by atoms with E-state index in [-0.39, 0.29) is 16.9 Å². The van der Waals surface area contributed by atoms with Crippen molar-refractivity contribution in [3.63, 3.8) is 0 Å². The number of carbonyl (C=O) groups is 2. The zero-order valence-electron chi connectivity index (χ0n) is 12.3. The molecule has 20 heavy (non-hydrogen) atoms. The molecule has 0 aromatic rings. The Morgan fingerprint density at radius 3 is 2.45 bits per heavy atom. The zero-order valence-corrected chi connectivity index (χ0v) is 12.3. The molecule has 0 saturated heterocycles. The van der Waals surface area contributed by atoms with Gasteiger partial charge in [0, 0.05) is 0 Å². The first kappa shape index (κ1) is 15.3. The van der Waals surface area contributed by atoms with Crippen LogP contribution in [0.15, 0.2) is 0 Å². The summed E-state index contributed by atoms with van der Waals surface area (Å²) in [6.07, 6.45) is 2.61. The molecule has 114 valence electrons. The molecule has 2 fully saturated rings. The standard InChI is InChI=1S/C14H24N2O4/c1-13(2)8-4-5-14(3,7-8)12(13)16(20)11(19)9(15)6-10(17)18/h8-9,12,20H,4-7,15H2,1-3H3,(H,17,18)/t8?,9-,12?,14?/m0/s1. The predicted octanol–water partition coefficient (Wildman–Crippen LogP) is 1.22. The molecule has 0 radical (unpaired) electrons. The quantitative estimate of drug-likeness (QED) is 0.532. The van der Waals surface area contributed by atoms with E-state index in [0.29, 0.717) is 5.92 Å². The number of hydrogen-bond acceptors (Lipinski definition) is 4. The van der Waals surface area contributed by atoms with E-state index in [9.17, 15) is 14.8 Å². The Hall–Kier alpha value is -1.14. The van der Waals surface area contributed by atoms with Crippen LogP contribution in [-0.4, -0.2) is 39.3 Å². The third-order valence-corrected chi connectivity index (χ3v) is 5.38. The molecule has 6 heteroatoms. The summed E-state index contributed by atoms with van der Waals surface area (Å²) in [5, 5.41) is 19.8. The van der Waals surface area contributed by atoms with Crippen molar-refractivity contribution < 1.29 is 19.9 Å². The summed E-state index contributed by atoms with van der Waals surface area (Å²) < 4.78 is 0. The van der Waals surface area contributed by atoms with Crippen molar-refractivity contribution in [3.8, 4) is 0 Å².